The largest absolute Gasteiger partial charge is 0.504 e. The van der Waals surface area contributed by atoms with Crippen molar-refractivity contribution in [2.45, 2.75) is 189 Å². The van der Waals surface area contributed by atoms with Gasteiger partial charge in [0.15, 0.2) is 46.0 Å². The van der Waals surface area contributed by atoms with Gasteiger partial charge in [0, 0.05) is 130 Å². The van der Waals surface area contributed by atoms with Gasteiger partial charge < -0.3 is 89.2 Å². The number of nitrogens with zero attached hydrogens (tertiary/aromatic N) is 6. The Morgan fingerprint density at radius 2 is 1.02 bits per heavy atom. The van der Waals surface area contributed by atoms with Crippen molar-refractivity contribution >= 4 is 58.3 Å². The van der Waals surface area contributed by atoms with Crippen LogP contribution >= 0.6 is 23.5 Å². The molecule has 8 aromatic rings. The molecule has 0 aliphatic carbocycles. The first kappa shape index (κ1) is 82.6. The molecule has 2 saturated heterocycles. The van der Waals surface area contributed by atoms with Crippen LogP contribution in [-0.4, -0.2) is 207 Å². The van der Waals surface area contributed by atoms with Crippen LogP contribution in [0.1, 0.15) is 160 Å². The van der Waals surface area contributed by atoms with Crippen molar-refractivity contribution in [1.82, 2.24) is 40.2 Å². The number of aromatic hydroxyl groups is 2. The van der Waals surface area contributed by atoms with Crippen molar-refractivity contribution in [2.75, 3.05) is 79.8 Å². The number of fused-ring (bicyclic) bond motifs is 24. The minimum Gasteiger partial charge on any atom is -0.504 e. The number of hydrogen-bond acceptors (Lipinski definition) is 26. The topological polar surface area (TPSA) is 365 Å². The van der Waals surface area contributed by atoms with E-state index in [-0.39, 0.29) is 127 Å². The molecule has 4 bridgehead atoms. The zero-order valence-corrected chi connectivity index (χ0v) is 70.3. The van der Waals surface area contributed by atoms with E-state index >= 15 is 0 Å². The summed E-state index contributed by atoms with van der Waals surface area (Å²) in [5.41, 5.74) is 21.2. The van der Waals surface area contributed by atoms with Crippen LogP contribution in [0.25, 0.3) is 21.8 Å². The Morgan fingerprint density at radius 3 is 1.43 bits per heavy atom. The number of nitriles is 1. The number of phenolic OH excluding ortho intramolecular Hbond substituents is 2. The second kappa shape index (κ2) is 31.7. The maximum Gasteiger partial charge on any atom is 0.293 e. The summed E-state index contributed by atoms with van der Waals surface area (Å²) in [4.78, 5) is 48.6. The molecule has 621 valence electrons. The van der Waals surface area contributed by atoms with Crippen molar-refractivity contribution in [2.24, 2.45) is 0 Å². The van der Waals surface area contributed by atoms with E-state index in [4.69, 9.17) is 53.2 Å². The number of carbonyl (C=O) groups excluding carboxylic acids is 2. The zero-order valence-electron chi connectivity index (χ0n) is 67.2. The minimum atomic E-state index is -1.50. The second-order valence-electron chi connectivity index (χ2n) is 33.0. The normalized spacial score (nSPS) is 28.1. The van der Waals surface area contributed by atoms with E-state index in [2.05, 4.69) is 157 Å². The van der Waals surface area contributed by atoms with Crippen LogP contribution in [0, 0.1) is 76.8 Å². The summed E-state index contributed by atoms with van der Waals surface area (Å²) >= 11 is 3.60. The Balaban J connectivity index is 0.000000173. The number of phenols is 2. The molecular formula is C85H100AgN10O18S2. The molecule has 1 radical (unpaired) electrons. The number of piperazine rings is 2. The Kier molecular flexibility index (Phi) is 22.5. The van der Waals surface area contributed by atoms with Crippen LogP contribution in [0.3, 0.4) is 0 Å². The average molecular weight is 1720 g/mol. The number of aliphatic hydroxyl groups excluding tert-OH is 3. The van der Waals surface area contributed by atoms with E-state index in [9.17, 15) is 40.4 Å². The summed E-state index contributed by atoms with van der Waals surface area (Å²) in [6.45, 7) is 21.9. The fraction of sp³-hybridized carbons (Fsp3) is 0.494. The molecule has 0 spiro atoms. The summed E-state index contributed by atoms with van der Waals surface area (Å²) in [6.07, 6.45) is 1.51. The summed E-state index contributed by atoms with van der Waals surface area (Å²) in [7, 11) is 7.25. The molecule has 16 atom stereocenters. The fourth-order valence-corrected chi connectivity index (χ4v) is 24.9. The van der Waals surface area contributed by atoms with E-state index < -0.39 is 46.6 Å². The molecule has 10 aliphatic rings. The number of likely N-dealkylation sites (N-methyl/N-ethyl adjacent to an activating group) is 2. The number of aliphatic hydroxyl groups is 3. The number of hydrogen-bond donors (Lipinski definition) is 10. The first-order chi connectivity index (χ1) is 55.1. The molecule has 10 aliphatic heterocycles. The molecule has 0 unspecified atom stereocenters. The quantitative estimate of drug-likeness (QED) is 0.0186. The van der Waals surface area contributed by atoms with Crippen LogP contribution in [0.4, 0.5) is 0 Å². The number of ether oxygens (including phenoxy) is 8. The number of rotatable bonds is 16. The predicted molar refractivity (Wildman–Crippen MR) is 430 cm³/mol. The summed E-state index contributed by atoms with van der Waals surface area (Å²) in [6, 6.07) is 15.8. The molecule has 2 aromatic heterocycles. The van der Waals surface area contributed by atoms with Gasteiger partial charge in [0.05, 0.1) is 74.8 Å². The van der Waals surface area contributed by atoms with Gasteiger partial charge in [0.1, 0.15) is 25.5 Å². The maximum atomic E-state index is 12.6. The summed E-state index contributed by atoms with van der Waals surface area (Å²) in [5.74, 6) is 4.91. The smallest absolute Gasteiger partial charge is 0.293 e. The van der Waals surface area contributed by atoms with Crippen LogP contribution in [-0.2, 0) is 78.2 Å². The van der Waals surface area contributed by atoms with Crippen molar-refractivity contribution in [1.29, 1.82) is 5.26 Å². The molecule has 18 rings (SSSR count). The summed E-state index contributed by atoms with van der Waals surface area (Å²) < 4.78 is 47.6. The monoisotopic (exact) mass is 1720 g/mol. The standard InChI is InChI=1S/C43H49N5O7S.C42H50N4O8S.Ag.HNO3/c1-20-8-9-28-26(10-20)27-13-25(15-49)46-43(5,42(27)45-28)17-56-41-32-22(3)23(4)39-40(55-19-54-39)34(32)31(16-53-18-50)48-30(14-44)29-12-24-11-21(2)38(52-7)37(51)33(24)35(36(41)48)47(29)6;1-19-8-9-27-25(10-19)26-13-24(14-47)44-42(5,40(26)43-27)16-55-39-30-21(3)22(4)37-38(54-18-53-37)32(30)29(15-52-17-48)46-34(39)33-31-23(12-28(41(46)50)45(33)6)11-20(2)36(51-7)35(31)49;;2-1(3)4/h8-11,18,25,29-31,35-36,41,45-46,49,51H,12-13,15-17,19H2,1-7H3;8-11,17,24,28-29,33-34,39,41,43-44,47,49-50H,12-16,18H2,1-7H3;;(H,2,3,4)/t25-,29-,30-,31-,35+,36+,41+,43+;24-,28-,29-,33+,34+,39+,41-,42+;;/m00../s1. The third kappa shape index (κ3) is 13.0. The number of H-pyrrole nitrogens is 2. The van der Waals surface area contributed by atoms with E-state index in [1.54, 1.807) is 37.7 Å². The molecule has 10 N–H and O–H groups in total. The molecule has 12 heterocycles. The molecular weight excluding hydrogens is 1620 g/mol. The van der Waals surface area contributed by atoms with E-state index in [1.807, 2.05) is 20.9 Å². The Labute approximate surface area is 696 Å². The maximum absolute atomic E-state index is 12.6. The Morgan fingerprint density at radius 1 is 0.612 bits per heavy atom. The van der Waals surface area contributed by atoms with Crippen molar-refractivity contribution < 1.29 is 106 Å². The van der Waals surface area contributed by atoms with Gasteiger partial charge >= 0.3 is 0 Å². The number of nitrogens with one attached hydrogen (secondary N) is 4. The number of methoxy groups -OCH3 is 2. The number of carbonyl (C=O) groups is 2. The number of aromatic nitrogens is 2. The van der Waals surface area contributed by atoms with Crippen LogP contribution < -0.4 is 39.1 Å². The van der Waals surface area contributed by atoms with Crippen LogP contribution in [0.2, 0.25) is 0 Å². The number of thioether (sulfide) groups is 2. The van der Waals surface area contributed by atoms with E-state index in [0.717, 1.165) is 100 Å². The van der Waals surface area contributed by atoms with Gasteiger partial charge in [-0.2, -0.15) is 5.26 Å². The van der Waals surface area contributed by atoms with Gasteiger partial charge in [-0.25, -0.2) is 0 Å². The van der Waals surface area contributed by atoms with Gasteiger partial charge in [0.25, 0.3) is 18.0 Å². The van der Waals surface area contributed by atoms with E-state index in [0.29, 0.717) is 84.6 Å². The first-order valence-corrected chi connectivity index (χ1v) is 41.1. The number of aryl methyl sites for hydroxylation is 4. The third-order valence-electron chi connectivity index (χ3n) is 26.6. The molecule has 0 amide bonds. The third-order valence-corrected chi connectivity index (χ3v) is 29.8. The molecule has 116 heavy (non-hydrogen) atoms. The first-order valence-electron chi connectivity index (χ1n) is 39.0. The fourth-order valence-electron chi connectivity index (χ4n) is 21.5. The minimum absolute atomic E-state index is 0. The van der Waals surface area contributed by atoms with Gasteiger partial charge in [0.2, 0.25) is 13.6 Å². The molecule has 31 heteroatoms. The van der Waals surface area contributed by atoms with Gasteiger partial charge in [-0.15, -0.1) is 33.6 Å². The zero-order chi connectivity index (χ0) is 81.6. The van der Waals surface area contributed by atoms with E-state index in [1.165, 1.54) is 33.0 Å². The second-order valence-corrected chi connectivity index (χ2v) is 35.2. The SMILES string of the molecule is COc1c(C)cc2c(c1O)[C@@H]1[C@@H]3[C@H](SC[C@@]4(C)N[C@H](CO)Cc5c4[nH]c4ccc(C)cc54)c4c(C)c(C)c5c(c4[C@H](COC=O)N3[C@@H](C#N)[C@H](C2)N1C)OCO5.COc1c(C)cc2c(c1O)[C@@H]1[C@@H]3[C@H](SC[C@@]4(C)N[C@H](CO)Cc5c4[nH]c4ccc(C)cc54)c4c(C)c(C)c5c(c4[C@H](COC=O)N3[C@@H](O)[C@H](C2)N1C)OCO5.O=[N+]([O-])O.[Ag]. The average Bonchev–Trinajstić information content (AvgIpc) is 1.02. The molecule has 0 saturated carbocycles. The van der Waals surface area contributed by atoms with Crippen molar-refractivity contribution in [3.63, 3.8) is 0 Å². The van der Waals surface area contributed by atoms with Crippen LogP contribution in [0.5, 0.6) is 46.0 Å². The molecule has 28 nitrogen and oxygen atoms in total. The Bertz CT molecular complexity index is 5310. The van der Waals surface area contributed by atoms with Gasteiger partial charge in [-0.3, -0.25) is 29.2 Å². The number of aromatic amines is 2. The van der Waals surface area contributed by atoms with Gasteiger partial charge in [-0.05, 0) is 200 Å². The van der Waals surface area contributed by atoms with Crippen molar-refractivity contribution in [3.8, 4) is 52.1 Å². The Hall–Kier alpha value is -8.49. The molecule has 2 fully saturated rings. The predicted octanol–water partition coefficient (Wildman–Crippen LogP) is 9.96. The molecule has 6 aromatic carbocycles. The number of benzene rings is 6. The van der Waals surface area contributed by atoms with Gasteiger partial charge in [-0.1, -0.05) is 35.4 Å². The van der Waals surface area contributed by atoms with Crippen LogP contribution in [0.15, 0.2) is 48.5 Å². The van der Waals surface area contributed by atoms with Crippen molar-refractivity contribution in [3.05, 3.63) is 170 Å². The summed E-state index contributed by atoms with van der Waals surface area (Å²) in [5, 5.41) is 92.3.